The van der Waals surface area contributed by atoms with E-state index in [-0.39, 0.29) is 11.8 Å². The summed E-state index contributed by atoms with van der Waals surface area (Å²) >= 11 is 5.82. The third-order valence-electron chi connectivity index (χ3n) is 3.48. The van der Waals surface area contributed by atoms with Gasteiger partial charge in [-0.1, -0.05) is 23.7 Å². The first-order chi connectivity index (χ1) is 12.3. The van der Waals surface area contributed by atoms with Gasteiger partial charge in [0.05, 0.1) is 0 Å². The predicted octanol–water partition coefficient (Wildman–Crippen LogP) is 5.94. The lowest BCUT2D eigenvalue weighted by Crippen LogP contribution is -2.12. The second kappa shape index (κ2) is 7.21. The van der Waals surface area contributed by atoms with Crippen molar-refractivity contribution < 1.29 is 13.2 Å². The zero-order valence-electron chi connectivity index (χ0n) is 13.6. The van der Waals surface area contributed by atoms with Crippen LogP contribution in [0.4, 0.5) is 36.3 Å². The number of hydrogen-bond acceptors (Lipinski definition) is 4. The van der Waals surface area contributed by atoms with Crippen molar-refractivity contribution in [2.24, 2.45) is 0 Å². The normalized spacial score (nSPS) is 11.3. The molecule has 0 bridgehead atoms. The van der Waals surface area contributed by atoms with Crippen LogP contribution in [0.1, 0.15) is 11.1 Å². The van der Waals surface area contributed by atoms with Crippen LogP contribution < -0.4 is 10.6 Å². The van der Waals surface area contributed by atoms with Gasteiger partial charge < -0.3 is 10.6 Å². The van der Waals surface area contributed by atoms with Crippen molar-refractivity contribution in [2.45, 2.75) is 13.1 Å². The molecule has 1 heterocycles. The Morgan fingerprint density at radius 1 is 0.962 bits per heavy atom. The van der Waals surface area contributed by atoms with Crippen molar-refractivity contribution >= 4 is 34.7 Å². The minimum atomic E-state index is -4.58. The lowest BCUT2D eigenvalue weighted by atomic mass is 10.2. The molecule has 0 aliphatic carbocycles. The van der Waals surface area contributed by atoms with Gasteiger partial charge in [0.25, 0.3) is 0 Å². The van der Waals surface area contributed by atoms with E-state index in [1.165, 1.54) is 0 Å². The van der Waals surface area contributed by atoms with Gasteiger partial charge in [-0.15, -0.1) is 0 Å². The molecule has 0 saturated carbocycles. The van der Waals surface area contributed by atoms with Crippen LogP contribution in [0.5, 0.6) is 0 Å². The van der Waals surface area contributed by atoms with E-state index in [4.69, 9.17) is 11.6 Å². The fraction of sp³-hybridized carbons (Fsp3) is 0.111. The molecule has 0 radical (unpaired) electrons. The first kappa shape index (κ1) is 18.0. The van der Waals surface area contributed by atoms with Gasteiger partial charge in [-0.2, -0.15) is 18.2 Å². The molecule has 0 atom stereocenters. The van der Waals surface area contributed by atoms with E-state index in [0.717, 1.165) is 11.8 Å². The Hall–Kier alpha value is -2.80. The third kappa shape index (κ3) is 4.43. The van der Waals surface area contributed by atoms with Crippen LogP contribution in [-0.2, 0) is 6.18 Å². The summed E-state index contributed by atoms with van der Waals surface area (Å²) in [5.41, 5.74) is 1.08. The number of benzene rings is 2. The highest BCUT2D eigenvalue weighted by Gasteiger charge is 2.35. The molecule has 1 aromatic heterocycles. The third-order valence-corrected chi connectivity index (χ3v) is 3.73. The minimum Gasteiger partial charge on any atom is -0.340 e. The Morgan fingerprint density at radius 3 is 2.35 bits per heavy atom. The summed E-state index contributed by atoms with van der Waals surface area (Å²) in [6, 6.07) is 13.7. The molecule has 134 valence electrons. The fourth-order valence-corrected chi connectivity index (χ4v) is 2.39. The van der Waals surface area contributed by atoms with Crippen LogP contribution in [-0.4, -0.2) is 9.97 Å². The molecule has 0 saturated heterocycles. The monoisotopic (exact) mass is 378 g/mol. The van der Waals surface area contributed by atoms with Crippen molar-refractivity contribution in [3.05, 3.63) is 70.9 Å². The van der Waals surface area contributed by atoms with Gasteiger partial charge in [0.1, 0.15) is 11.4 Å². The summed E-state index contributed by atoms with van der Waals surface area (Å²) < 4.78 is 39.8. The lowest BCUT2D eigenvalue weighted by Gasteiger charge is -2.15. The maximum Gasteiger partial charge on any atom is 0.421 e. The molecule has 4 nitrogen and oxygen atoms in total. The highest BCUT2D eigenvalue weighted by molar-refractivity contribution is 6.30. The Morgan fingerprint density at radius 2 is 1.69 bits per heavy atom. The number of rotatable bonds is 4. The summed E-state index contributed by atoms with van der Waals surface area (Å²) in [5.74, 6) is -0.287. The number of hydrogen-bond donors (Lipinski definition) is 2. The topological polar surface area (TPSA) is 49.8 Å². The van der Waals surface area contributed by atoms with E-state index in [2.05, 4.69) is 20.6 Å². The van der Waals surface area contributed by atoms with E-state index < -0.39 is 11.7 Å². The quantitative estimate of drug-likeness (QED) is 0.589. The van der Waals surface area contributed by atoms with E-state index in [9.17, 15) is 13.2 Å². The largest absolute Gasteiger partial charge is 0.421 e. The van der Waals surface area contributed by atoms with Gasteiger partial charge in [-0.3, -0.25) is 0 Å². The molecule has 0 unspecified atom stereocenters. The number of nitrogens with one attached hydrogen (secondary N) is 2. The predicted molar refractivity (Wildman–Crippen MR) is 96.2 cm³/mol. The zero-order chi connectivity index (χ0) is 18.7. The number of aromatic nitrogens is 2. The van der Waals surface area contributed by atoms with Crippen LogP contribution >= 0.6 is 11.6 Å². The molecule has 0 aliphatic rings. The van der Waals surface area contributed by atoms with Crippen LogP contribution in [0.2, 0.25) is 5.02 Å². The van der Waals surface area contributed by atoms with Gasteiger partial charge in [0.15, 0.2) is 0 Å². The Balaban J connectivity index is 1.94. The van der Waals surface area contributed by atoms with Gasteiger partial charge >= 0.3 is 6.18 Å². The highest BCUT2D eigenvalue weighted by Crippen LogP contribution is 2.35. The Kier molecular flexibility index (Phi) is 4.99. The van der Waals surface area contributed by atoms with Crippen LogP contribution in [0, 0.1) is 6.92 Å². The molecule has 0 spiro atoms. The molecule has 3 aromatic rings. The number of aryl methyl sites for hydroxylation is 1. The smallest absolute Gasteiger partial charge is 0.340 e. The Labute approximate surface area is 153 Å². The molecular formula is C18H14ClF3N4. The molecule has 3 rings (SSSR count). The maximum atomic E-state index is 13.3. The van der Waals surface area contributed by atoms with Crippen molar-refractivity contribution in [1.29, 1.82) is 0 Å². The summed E-state index contributed by atoms with van der Waals surface area (Å²) in [6.45, 7) is 1.85. The van der Waals surface area contributed by atoms with Crippen molar-refractivity contribution in [1.82, 2.24) is 9.97 Å². The van der Waals surface area contributed by atoms with Crippen LogP contribution in [0.3, 0.4) is 0 Å². The first-order valence-corrected chi connectivity index (χ1v) is 7.99. The van der Waals surface area contributed by atoms with Crippen molar-refractivity contribution in [3.63, 3.8) is 0 Å². The highest BCUT2D eigenvalue weighted by atomic mass is 35.5. The standard InChI is InChI=1S/C18H14ClF3N4/c1-11-3-2-4-14(9-11)24-16-15(18(20,21)22)10-23-17(26-16)25-13-7-5-12(19)6-8-13/h2-10H,1H3,(H2,23,24,25,26). The van der Waals surface area contributed by atoms with Gasteiger partial charge in [-0.25, -0.2) is 4.98 Å². The molecule has 2 N–H and O–H groups in total. The maximum absolute atomic E-state index is 13.3. The molecule has 26 heavy (non-hydrogen) atoms. The fourth-order valence-electron chi connectivity index (χ4n) is 2.27. The van der Waals surface area contributed by atoms with Gasteiger partial charge in [-0.05, 0) is 48.9 Å². The van der Waals surface area contributed by atoms with Crippen molar-refractivity contribution in [2.75, 3.05) is 10.6 Å². The van der Waals surface area contributed by atoms with Gasteiger partial charge in [0.2, 0.25) is 5.95 Å². The second-order valence-corrected chi connectivity index (χ2v) is 6.02. The zero-order valence-corrected chi connectivity index (χ0v) is 14.4. The molecule has 2 aromatic carbocycles. The van der Waals surface area contributed by atoms with E-state index in [1.54, 1.807) is 42.5 Å². The summed E-state index contributed by atoms with van der Waals surface area (Å²) in [6.07, 6.45) is -3.83. The SMILES string of the molecule is Cc1cccc(Nc2nc(Nc3ccc(Cl)cc3)ncc2C(F)(F)F)c1. The molecular weight excluding hydrogens is 365 g/mol. The van der Waals surface area contributed by atoms with E-state index in [0.29, 0.717) is 16.4 Å². The first-order valence-electron chi connectivity index (χ1n) is 7.62. The molecule has 0 aliphatic heterocycles. The lowest BCUT2D eigenvalue weighted by molar-refractivity contribution is -0.137. The second-order valence-electron chi connectivity index (χ2n) is 5.58. The summed E-state index contributed by atoms with van der Waals surface area (Å²) in [5, 5.41) is 6.13. The minimum absolute atomic E-state index is 0.0375. The molecule has 0 fully saturated rings. The van der Waals surface area contributed by atoms with Crippen molar-refractivity contribution in [3.8, 4) is 0 Å². The average Bonchev–Trinajstić information content (AvgIpc) is 2.56. The van der Waals surface area contributed by atoms with Crippen LogP contribution in [0.15, 0.2) is 54.7 Å². The van der Waals surface area contributed by atoms with Gasteiger partial charge in [0, 0.05) is 22.6 Å². The number of anilines is 4. The summed E-state index contributed by atoms with van der Waals surface area (Å²) in [4.78, 5) is 7.76. The van der Waals surface area contributed by atoms with E-state index in [1.807, 2.05) is 13.0 Å². The molecule has 8 heteroatoms. The van der Waals surface area contributed by atoms with Crippen LogP contribution in [0.25, 0.3) is 0 Å². The molecule has 0 amide bonds. The number of halogens is 4. The number of alkyl halides is 3. The number of nitrogens with zero attached hydrogens (tertiary/aromatic N) is 2. The average molecular weight is 379 g/mol. The summed E-state index contributed by atoms with van der Waals surface area (Å²) in [7, 11) is 0. The Bertz CT molecular complexity index is 911. The van der Waals surface area contributed by atoms with E-state index >= 15 is 0 Å².